The van der Waals surface area contributed by atoms with Gasteiger partial charge in [-0.25, -0.2) is 14.6 Å². The van der Waals surface area contributed by atoms with Gasteiger partial charge in [-0.2, -0.15) is 0 Å². The highest BCUT2D eigenvalue weighted by Crippen LogP contribution is 2.20. The van der Waals surface area contributed by atoms with E-state index >= 15 is 0 Å². The van der Waals surface area contributed by atoms with Gasteiger partial charge in [-0.15, -0.1) is 6.58 Å². The van der Waals surface area contributed by atoms with E-state index in [1.54, 1.807) is 20.8 Å². The maximum Gasteiger partial charge on any atom is 0.416 e. The molecule has 0 spiro atoms. The van der Waals surface area contributed by atoms with Crippen LogP contribution in [0.1, 0.15) is 31.1 Å². The molecule has 1 heterocycles. The van der Waals surface area contributed by atoms with Crippen LogP contribution in [-0.2, 0) is 4.74 Å². The van der Waals surface area contributed by atoms with Crippen molar-refractivity contribution in [1.29, 1.82) is 0 Å². The van der Waals surface area contributed by atoms with Crippen molar-refractivity contribution in [3.05, 3.63) is 36.5 Å². The van der Waals surface area contributed by atoms with Gasteiger partial charge in [-0.3, -0.25) is 4.90 Å². The fourth-order valence-electron chi connectivity index (χ4n) is 1.47. The second-order valence-corrected chi connectivity index (χ2v) is 5.06. The van der Waals surface area contributed by atoms with Crippen LogP contribution in [0.3, 0.4) is 0 Å². The lowest BCUT2D eigenvalue weighted by Crippen LogP contribution is -2.38. The van der Waals surface area contributed by atoms with Gasteiger partial charge in [-0.05, 0) is 32.9 Å². The number of pyridine rings is 1. The first kappa shape index (κ1) is 15.7. The average Bonchev–Trinajstić information content (AvgIpc) is 2.33. The van der Waals surface area contributed by atoms with Gasteiger partial charge in [0.05, 0.1) is 0 Å². The average molecular weight is 278 g/mol. The number of hydrogen-bond donors (Lipinski definition) is 1. The van der Waals surface area contributed by atoms with Crippen molar-refractivity contribution in [2.45, 2.75) is 26.4 Å². The smallest absolute Gasteiger partial charge is 0.416 e. The zero-order chi connectivity index (χ0) is 15.3. The van der Waals surface area contributed by atoms with Crippen LogP contribution in [0.25, 0.3) is 0 Å². The fourth-order valence-corrected chi connectivity index (χ4v) is 1.47. The molecule has 0 aliphatic carbocycles. The van der Waals surface area contributed by atoms with E-state index in [9.17, 15) is 9.59 Å². The Hall–Kier alpha value is -2.37. The normalized spacial score (nSPS) is 10.8. The van der Waals surface area contributed by atoms with E-state index in [2.05, 4.69) is 11.6 Å². The summed E-state index contributed by atoms with van der Waals surface area (Å²) >= 11 is 0. The lowest BCUT2D eigenvalue weighted by molar-refractivity contribution is 0.0583. The minimum Gasteiger partial charge on any atom is -0.478 e. The van der Waals surface area contributed by atoms with Gasteiger partial charge in [0.25, 0.3) is 0 Å². The third-order valence-corrected chi connectivity index (χ3v) is 2.20. The number of ether oxygens (including phenoxy) is 1. The van der Waals surface area contributed by atoms with Gasteiger partial charge in [0, 0.05) is 12.7 Å². The molecule has 0 unspecified atom stereocenters. The molecule has 0 aromatic carbocycles. The number of anilines is 1. The Bertz CT molecular complexity index is 520. The second-order valence-electron chi connectivity index (χ2n) is 5.06. The quantitative estimate of drug-likeness (QED) is 0.856. The van der Waals surface area contributed by atoms with Crippen LogP contribution in [-0.4, -0.2) is 34.3 Å². The summed E-state index contributed by atoms with van der Waals surface area (Å²) in [6, 6.07) is 2.87. The van der Waals surface area contributed by atoms with E-state index in [1.165, 1.54) is 24.4 Å². The van der Waals surface area contributed by atoms with Gasteiger partial charge in [0.2, 0.25) is 0 Å². The molecule has 1 amide bonds. The Labute approximate surface area is 117 Å². The Kier molecular flexibility index (Phi) is 4.85. The van der Waals surface area contributed by atoms with Crippen molar-refractivity contribution in [3.8, 4) is 0 Å². The van der Waals surface area contributed by atoms with Crippen LogP contribution in [0.2, 0.25) is 0 Å². The summed E-state index contributed by atoms with van der Waals surface area (Å²) in [5, 5.41) is 9.15. The molecule has 0 atom stereocenters. The number of amides is 1. The largest absolute Gasteiger partial charge is 0.478 e. The number of nitrogens with zero attached hydrogens (tertiary/aromatic N) is 2. The Morgan fingerprint density at radius 3 is 2.65 bits per heavy atom. The third kappa shape index (κ3) is 4.08. The Morgan fingerprint density at radius 2 is 2.15 bits per heavy atom. The first-order valence-electron chi connectivity index (χ1n) is 6.06. The zero-order valence-electron chi connectivity index (χ0n) is 11.8. The summed E-state index contributed by atoms with van der Waals surface area (Å²) in [4.78, 5) is 28.4. The summed E-state index contributed by atoms with van der Waals surface area (Å²) in [6.45, 7) is 8.85. The Balaban J connectivity index is 3.17. The number of hydrogen-bond acceptors (Lipinski definition) is 4. The SMILES string of the molecule is C=CCN(C(=O)OC(C)(C)C)c1ncccc1C(=O)O. The first-order valence-corrected chi connectivity index (χ1v) is 6.06. The number of carbonyl (C=O) groups is 2. The minimum absolute atomic E-state index is 0.0363. The molecule has 1 rings (SSSR count). The monoisotopic (exact) mass is 278 g/mol. The molecule has 1 aromatic rings. The number of aromatic carboxylic acids is 1. The summed E-state index contributed by atoms with van der Waals surface area (Å²) in [5.41, 5.74) is -0.755. The molecule has 0 aliphatic rings. The van der Waals surface area contributed by atoms with Crippen molar-refractivity contribution in [1.82, 2.24) is 4.98 Å². The number of carbonyl (C=O) groups excluding carboxylic acids is 1. The number of rotatable bonds is 4. The molecular formula is C14H18N2O4. The third-order valence-electron chi connectivity index (χ3n) is 2.20. The molecule has 20 heavy (non-hydrogen) atoms. The van der Waals surface area contributed by atoms with E-state index in [-0.39, 0.29) is 17.9 Å². The maximum atomic E-state index is 12.1. The number of carboxylic acid groups (broad SMARTS) is 1. The standard InChI is InChI=1S/C14H18N2O4/c1-5-9-16(13(19)20-14(2,3)4)11-10(12(17)18)7-6-8-15-11/h5-8H,1,9H2,2-4H3,(H,17,18). The van der Waals surface area contributed by atoms with E-state index < -0.39 is 17.7 Å². The molecule has 1 aromatic heterocycles. The summed E-state index contributed by atoms with van der Waals surface area (Å²) in [6.07, 6.45) is 2.23. The molecule has 0 aliphatic heterocycles. The number of aromatic nitrogens is 1. The van der Waals surface area contributed by atoms with Gasteiger partial charge in [-0.1, -0.05) is 6.08 Å². The highest BCUT2D eigenvalue weighted by molar-refractivity contribution is 5.98. The molecule has 6 heteroatoms. The molecule has 0 radical (unpaired) electrons. The predicted molar refractivity (Wildman–Crippen MR) is 75.0 cm³/mol. The fraction of sp³-hybridized carbons (Fsp3) is 0.357. The molecule has 6 nitrogen and oxygen atoms in total. The van der Waals surface area contributed by atoms with Crippen molar-refractivity contribution in [3.63, 3.8) is 0 Å². The second kappa shape index (κ2) is 6.18. The molecule has 0 fully saturated rings. The Morgan fingerprint density at radius 1 is 1.50 bits per heavy atom. The van der Waals surface area contributed by atoms with Crippen LogP contribution in [0.5, 0.6) is 0 Å². The van der Waals surface area contributed by atoms with E-state index in [4.69, 9.17) is 9.84 Å². The highest BCUT2D eigenvalue weighted by Gasteiger charge is 2.26. The lowest BCUT2D eigenvalue weighted by atomic mass is 10.2. The van der Waals surface area contributed by atoms with Crippen molar-refractivity contribution in [2.24, 2.45) is 0 Å². The summed E-state index contributed by atoms with van der Waals surface area (Å²) in [7, 11) is 0. The van der Waals surface area contributed by atoms with Crippen molar-refractivity contribution in [2.75, 3.05) is 11.4 Å². The summed E-state index contributed by atoms with van der Waals surface area (Å²) in [5.74, 6) is -1.13. The van der Waals surface area contributed by atoms with Gasteiger partial charge >= 0.3 is 12.1 Å². The molecule has 0 saturated carbocycles. The topological polar surface area (TPSA) is 79.7 Å². The molecule has 0 bridgehead atoms. The summed E-state index contributed by atoms with van der Waals surface area (Å²) < 4.78 is 5.25. The zero-order valence-corrected chi connectivity index (χ0v) is 11.8. The first-order chi connectivity index (χ1) is 9.26. The lowest BCUT2D eigenvalue weighted by Gasteiger charge is -2.26. The van der Waals surface area contributed by atoms with Gasteiger partial charge in [0.1, 0.15) is 11.2 Å². The van der Waals surface area contributed by atoms with Crippen LogP contribution < -0.4 is 4.90 Å². The van der Waals surface area contributed by atoms with E-state index in [0.717, 1.165) is 4.90 Å². The van der Waals surface area contributed by atoms with Crippen LogP contribution >= 0.6 is 0 Å². The van der Waals surface area contributed by atoms with E-state index in [1.807, 2.05) is 0 Å². The molecule has 108 valence electrons. The molecule has 0 saturated heterocycles. The van der Waals surface area contributed by atoms with Crippen LogP contribution in [0.15, 0.2) is 31.0 Å². The molecular weight excluding hydrogens is 260 g/mol. The van der Waals surface area contributed by atoms with Gasteiger partial charge in [0.15, 0.2) is 5.82 Å². The molecule has 1 N–H and O–H groups in total. The van der Waals surface area contributed by atoms with Crippen molar-refractivity contribution < 1.29 is 19.4 Å². The predicted octanol–water partition coefficient (Wildman–Crippen LogP) is 2.71. The van der Waals surface area contributed by atoms with Gasteiger partial charge < -0.3 is 9.84 Å². The highest BCUT2D eigenvalue weighted by atomic mass is 16.6. The van der Waals surface area contributed by atoms with E-state index in [0.29, 0.717) is 0 Å². The van der Waals surface area contributed by atoms with Crippen LogP contribution in [0, 0.1) is 0 Å². The maximum absolute atomic E-state index is 12.1. The van der Waals surface area contributed by atoms with Crippen molar-refractivity contribution >= 4 is 17.9 Å². The minimum atomic E-state index is -1.16. The van der Waals surface area contributed by atoms with Crippen LogP contribution in [0.4, 0.5) is 10.6 Å². The number of carboxylic acids is 1.